The first-order chi connectivity index (χ1) is 21.9. The lowest BCUT2D eigenvalue weighted by Crippen LogP contribution is -2.42. The third-order valence-corrected chi connectivity index (χ3v) is 7.75. The van der Waals surface area contributed by atoms with Crippen molar-refractivity contribution in [1.82, 2.24) is 4.90 Å². The fraction of sp³-hybridized carbons (Fsp3) is 0.200. The first-order valence-electron chi connectivity index (χ1n) is 15.2. The maximum Gasteiger partial charge on any atom is 0.412 e. The van der Waals surface area contributed by atoms with Gasteiger partial charge in [-0.3, -0.25) is 4.90 Å². The van der Waals surface area contributed by atoms with Crippen LogP contribution in [0.15, 0.2) is 115 Å². The highest BCUT2D eigenvalue weighted by Gasteiger charge is 2.39. The van der Waals surface area contributed by atoms with Crippen LogP contribution in [-0.2, 0) is 14.3 Å². The van der Waals surface area contributed by atoms with Gasteiger partial charge in [-0.1, -0.05) is 115 Å². The van der Waals surface area contributed by atoms with Crippen LogP contribution in [0.5, 0.6) is 0 Å². The molecule has 5 aromatic rings. The molecule has 1 amide bonds. The molecule has 1 saturated heterocycles. The van der Waals surface area contributed by atoms with Crippen LogP contribution in [0.2, 0.25) is 0 Å². The molecular weight excluding hydrogens is 558 g/mol. The molecule has 0 saturated carbocycles. The Morgan fingerprint density at radius 2 is 1.13 bits per heavy atom. The molecule has 0 radical (unpaired) electrons. The predicted octanol–water partition coefficient (Wildman–Crippen LogP) is 8.06. The zero-order valence-electron chi connectivity index (χ0n) is 25.3. The van der Waals surface area contributed by atoms with E-state index >= 15 is 0 Å². The second-order valence-electron chi connectivity index (χ2n) is 11.3. The molecule has 222 valence electrons. The monoisotopic (exact) mass is 591 g/mol. The number of carbonyl (C=O) groups excluding carboxylic acids is 2. The highest BCUT2D eigenvalue weighted by Crippen LogP contribution is 2.29. The average molecular weight is 592 g/mol. The summed E-state index contributed by atoms with van der Waals surface area (Å²) in [6, 6.07) is 36.4. The number of fused-ring (bicyclic) bond motifs is 2. The van der Waals surface area contributed by atoms with Crippen molar-refractivity contribution in [2.45, 2.75) is 51.0 Å². The van der Waals surface area contributed by atoms with Crippen LogP contribution >= 0.6 is 0 Å². The molecule has 0 aliphatic carbocycles. The lowest BCUT2D eigenvalue weighted by Gasteiger charge is -2.27. The molecule has 0 unspecified atom stereocenters. The molecule has 0 spiro atoms. The highest BCUT2D eigenvalue weighted by atomic mass is 16.6. The highest BCUT2D eigenvalue weighted by molar-refractivity contribution is 5.85. The summed E-state index contributed by atoms with van der Waals surface area (Å²) in [7, 11) is 0. The second-order valence-corrected chi connectivity index (χ2v) is 11.3. The molecule has 5 heteroatoms. The Bertz CT molecular complexity index is 1870. The van der Waals surface area contributed by atoms with Gasteiger partial charge in [0.2, 0.25) is 6.10 Å². The molecule has 45 heavy (non-hydrogen) atoms. The number of hydrogen-bond donors (Lipinski definition) is 0. The van der Waals surface area contributed by atoms with Crippen molar-refractivity contribution in [2.24, 2.45) is 0 Å². The van der Waals surface area contributed by atoms with Gasteiger partial charge in [0.15, 0.2) is 0 Å². The van der Waals surface area contributed by atoms with Crippen molar-refractivity contribution in [3.8, 4) is 23.7 Å². The van der Waals surface area contributed by atoms with E-state index in [0.717, 1.165) is 32.7 Å². The largest absolute Gasteiger partial charge is 0.460 e. The molecule has 1 heterocycles. The summed E-state index contributed by atoms with van der Waals surface area (Å²) < 4.78 is 11.4. The van der Waals surface area contributed by atoms with Gasteiger partial charge in [-0.25, -0.2) is 9.59 Å². The van der Waals surface area contributed by atoms with Crippen LogP contribution in [0.1, 0.15) is 49.5 Å². The number of ether oxygens (including phenoxy) is 2. The van der Waals surface area contributed by atoms with Gasteiger partial charge < -0.3 is 9.47 Å². The molecule has 5 aromatic carbocycles. The summed E-state index contributed by atoms with van der Waals surface area (Å²) in [4.78, 5) is 28.7. The van der Waals surface area contributed by atoms with Gasteiger partial charge in [-0.15, -0.1) is 0 Å². The number of rotatable bonds is 4. The molecule has 6 rings (SSSR count). The minimum absolute atomic E-state index is 0.365. The number of carbonyl (C=O) groups is 2. The van der Waals surface area contributed by atoms with Crippen molar-refractivity contribution in [3.05, 3.63) is 132 Å². The number of hydrogen-bond acceptors (Lipinski definition) is 4. The van der Waals surface area contributed by atoms with E-state index in [-0.39, 0.29) is 6.10 Å². The van der Waals surface area contributed by atoms with Gasteiger partial charge in [0.05, 0.1) is 18.2 Å². The Morgan fingerprint density at radius 3 is 1.64 bits per heavy atom. The lowest BCUT2D eigenvalue weighted by atomic mass is 10.1. The Kier molecular flexibility index (Phi) is 8.81. The molecule has 1 aliphatic heterocycles. The minimum Gasteiger partial charge on any atom is -0.460 e. The summed E-state index contributed by atoms with van der Waals surface area (Å²) in [5.41, 5.74) is 2.25. The summed E-state index contributed by atoms with van der Waals surface area (Å²) in [5.74, 6) is 12.5. The van der Waals surface area contributed by atoms with E-state index in [0.29, 0.717) is 18.4 Å². The predicted molar refractivity (Wildman–Crippen MR) is 177 cm³/mol. The minimum atomic E-state index is -1.22. The Balaban J connectivity index is 1.32. The van der Waals surface area contributed by atoms with Crippen molar-refractivity contribution in [1.29, 1.82) is 0 Å². The summed E-state index contributed by atoms with van der Waals surface area (Å²) >= 11 is 0. The van der Waals surface area contributed by atoms with E-state index in [9.17, 15) is 9.59 Å². The van der Waals surface area contributed by atoms with Crippen LogP contribution in [0.3, 0.4) is 0 Å². The molecule has 0 aromatic heterocycles. The quantitative estimate of drug-likeness (QED) is 0.157. The van der Waals surface area contributed by atoms with Crippen LogP contribution < -0.4 is 0 Å². The van der Waals surface area contributed by atoms with Crippen LogP contribution in [0.25, 0.3) is 21.5 Å². The first-order valence-corrected chi connectivity index (χ1v) is 15.2. The van der Waals surface area contributed by atoms with E-state index in [4.69, 9.17) is 9.47 Å². The average Bonchev–Trinajstić information content (AvgIpc) is 3.48. The first kappa shape index (κ1) is 29.5. The van der Waals surface area contributed by atoms with Crippen LogP contribution in [0, 0.1) is 23.7 Å². The van der Waals surface area contributed by atoms with Crippen molar-refractivity contribution >= 4 is 33.6 Å². The van der Waals surface area contributed by atoms with Crippen LogP contribution in [-0.4, -0.2) is 35.2 Å². The SMILES string of the molecule is CC(C)OC(=O)[C@H](OC(=O)N1[C@@H](C#Cc2ccc3ccccc3c2)CC[C@@H]1C#Cc1ccc2ccccc2c1)c1ccccc1. The fourth-order valence-corrected chi connectivity index (χ4v) is 5.55. The maximum atomic E-state index is 14.0. The van der Waals surface area contributed by atoms with Crippen molar-refractivity contribution < 1.29 is 19.1 Å². The standard InChI is InChI=1S/C40H33NO4/c1-28(2)44-39(42)38(33-12-4-3-5-13-33)45-40(43)41-36(22-18-29-16-20-31-10-6-8-14-34(31)26-29)24-25-37(41)23-19-30-17-21-32-11-7-9-15-35(32)27-30/h3-17,20-21,26-28,36-38H,24-25H2,1-2H3/t36-,37-,38+/m0/s1. The van der Waals surface area contributed by atoms with Crippen molar-refractivity contribution in [2.75, 3.05) is 0 Å². The second kappa shape index (κ2) is 13.4. The zero-order valence-corrected chi connectivity index (χ0v) is 25.3. The van der Waals surface area contributed by atoms with Gasteiger partial charge in [0.25, 0.3) is 0 Å². The number of nitrogens with zero attached hydrogens (tertiary/aromatic N) is 1. The number of benzene rings is 5. The summed E-state index contributed by atoms with van der Waals surface area (Å²) in [6.45, 7) is 3.53. The fourth-order valence-electron chi connectivity index (χ4n) is 5.55. The van der Waals surface area contributed by atoms with Gasteiger partial charge in [-0.05, 0) is 72.5 Å². The smallest absolute Gasteiger partial charge is 0.412 e. The number of likely N-dealkylation sites (tertiary alicyclic amines) is 1. The van der Waals surface area contributed by atoms with E-state index in [2.05, 4.69) is 47.9 Å². The van der Waals surface area contributed by atoms with E-state index in [1.165, 1.54) is 0 Å². The normalized spacial score (nSPS) is 16.4. The molecule has 3 atom stereocenters. The van der Waals surface area contributed by atoms with E-state index in [1.807, 2.05) is 66.7 Å². The summed E-state index contributed by atoms with van der Waals surface area (Å²) in [6.07, 6.45) is -0.990. The Labute approximate surface area is 263 Å². The molecule has 1 aliphatic rings. The van der Waals surface area contributed by atoms with E-state index < -0.39 is 30.3 Å². The zero-order chi connectivity index (χ0) is 31.2. The number of amides is 1. The van der Waals surface area contributed by atoms with Gasteiger partial charge >= 0.3 is 12.1 Å². The molecular formula is C40H33NO4. The Hall–Kier alpha value is -5.52. The van der Waals surface area contributed by atoms with Crippen LogP contribution in [0.4, 0.5) is 4.79 Å². The topological polar surface area (TPSA) is 55.8 Å². The van der Waals surface area contributed by atoms with Gasteiger partial charge in [0.1, 0.15) is 0 Å². The lowest BCUT2D eigenvalue weighted by molar-refractivity contribution is -0.158. The molecule has 1 fully saturated rings. The summed E-state index contributed by atoms with van der Waals surface area (Å²) in [5, 5.41) is 4.47. The third kappa shape index (κ3) is 7.01. The Morgan fingerprint density at radius 1 is 0.644 bits per heavy atom. The van der Waals surface area contributed by atoms with Crippen molar-refractivity contribution in [3.63, 3.8) is 0 Å². The number of esters is 1. The maximum absolute atomic E-state index is 14.0. The molecule has 0 N–H and O–H groups in total. The molecule has 5 nitrogen and oxygen atoms in total. The third-order valence-electron chi connectivity index (χ3n) is 7.75. The molecule has 0 bridgehead atoms. The van der Waals surface area contributed by atoms with Gasteiger partial charge in [0, 0.05) is 16.7 Å². The van der Waals surface area contributed by atoms with Gasteiger partial charge in [-0.2, -0.15) is 0 Å². The van der Waals surface area contributed by atoms with E-state index in [1.54, 1.807) is 43.0 Å².